The van der Waals surface area contributed by atoms with Gasteiger partial charge in [-0.25, -0.2) is 0 Å². The molecule has 0 aliphatic heterocycles. The molecule has 2 N–H and O–H groups in total. The van der Waals surface area contributed by atoms with Crippen LogP contribution in [0.3, 0.4) is 0 Å². The van der Waals surface area contributed by atoms with Gasteiger partial charge in [-0.2, -0.15) is 0 Å². The SMILES string of the molecule is Oc1c2c(c(O)n1-c1cc(Cl)cc(Cl)c1)CCCC2. The van der Waals surface area contributed by atoms with Crippen LogP contribution in [-0.2, 0) is 12.8 Å². The Morgan fingerprint density at radius 1 is 0.842 bits per heavy atom. The van der Waals surface area contributed by atoms with Gasteiger partial charge in [0.15, 0.2) is 0 Å². The van der Waals surface area contributed by atoms with Crippen molar-refractivity contribution < 1.29 is 10.2 Å². The average Bonchev–Trinajstić information content (AvgIpc) is 2.61. The lowest BCUT2D eigenvalue weighted by molar-refractivity contribution is 0.399. The summed E-state index contributed by atoms with van der Waals surface area (Å²) in [6, 6.07) is 4.95. The molecule has 19 heavy (non-hydrogen) atoms. The standard InChI is InChI=1S/C14H13Cl2NO2/c15-8-5-9(16)7-10(6-8)17-13(18)11-3-1-2-4-12(11)14(17)19/h5-7,18-19H,1-4H2. The van der Waals surface area contributed by atoms with Crippen LogP contribution in [0, 0.1) is 0 Å². The molecule has 0 bridgehead atoms. The third-order valence-corrected chi connectivity index (χ3v) is 3.97. The first-order chi connectivity index (χ1) is 9.08. The van der Waals surface area contributed by atoms with Crippen molar-refractivity contribution in [3.05, 3.63) is 39.4 Å². The summed E-state index contributed by atoms with van der Waals surface area (Å²) in [5.41, 5.74) is 2.24. The van der Waals surface area contributed by atoms with E-state index in [0.29, 0.717) is 15.7 Å². The normalized spacial score (nSPS) is 14.4. The molecule has 3 rings (SSSR count). The molecule has 1 heterocycles. The molecule has 1 aromatic carbocycles. The van der Waals surface area contributed by atoms with Crippen molar-refractivity contribution in [3.63, 3.8) is 0 Å². The maximum atomic E-state index is 10.3. The van der Waals surface area contributed by atoms with E-state index in [0.717, 1.165) is 36.8 Å². The number of hydrogen-bond acceptors (Lipinski definition) is 2. The highest BCUT2D eigenvalue weighted by Gasteiger charge is 2.25. The second-order valence-corrected chi connectivity index (χ2v) is 5.65. The predicted molar refractivity (Wildman–Crippen MR) is 75.8 cm³/mol. The van der Waals surface area contributed by atoms with Crippen LogP contribution < -0.4 is 0 Å². The molecule has 0 unspecified atom stereocenters. The Hall–Kier alpha value is -1.32. The molecule has 0 amide bonds. The van der Waals surface area contributed by atoms with Gasteiger partial charge in [0, 0.05) is 21.2 Å². The van der Waals surface area contributed by atoms with Gasteiger partial charge in [-0.3, -0.25) is 4.57 Å². The minimum absolute atomic E-state index is 0.0885. The number of benzene rings is 1. The van der Waals surface area contributed by atoms with Gasteiger partial charge in [-0.1, -0.05) is 23.2 Å². The summed E-state index contributed by atoms with van der Waals surface area (Å²) in [6.45, 7) is 0. The maximum absolute atomic E-state index is 10.3. The van der Waals surface area contributed by atoms with Crippen molar-refractivity contribution in [2.45, 2.75) is 25.7 Å². The summed E-state index contributed by atoms with van der Waals surface area (Å²) >= 11 is 11.9. The minimum Gasteiger partial charge on any atom is -0.494 e. The lowest BCUT2D eigenvalue weighted by Crippen LogP contribution is -1.98. The first-order valence-electron chi connectivity index (χ1n) is 6.19. The largest absolute Gasteiger partial charge is 0.494 e. The number of fused-ring (bicyclic) bond motifs is 1. The van der Waals surface area contributed by atoms with Crippen LogP contribution in [0.4, 0.5) is 0 Å². The fourth-order valence-electron chi connectivity index (χ4n) is 2.68. The van der Waals surface area contributed by atoms with E-state index in [4.69, 9.17) is 23.2 Å². The van der Waals surface area contributed by atoms with Gasteiger partial charge >= 0.3 is 0 Å². The number of nitrogens with zero attached hydrogens (tertiary/aromatic N) is 1. The average molecular weight is 298 g/mol. The molecule has 0 spiro atoms. The molecule has 100 valence electrons. The Morgan fingerprint density at radius 3 is 1.79 bits per heavy atom. The topological polar surface area (TPSA) is 45.4 Å². The number of aromatic nitrogens is 1. The number of halogens is 2. The molecule has 5 heteroatoms. The molecule has 0 fully saturated rings. The fraction of sp³-hybridized carbons (Fsp3) is 0.286. The Labute approximate surface area is 121 Å². The molecule has 0 saturated heterocycles. The van der Waals surface area contributed by atoms with Crippen LogP contribution in [0.5, 0.6) is 11.8 Å². The van der Waals surface area contributed by atoms with Crippen molar-refractivity contribution in [2.24, 2.45) is 0 Å². The molecule has 2 aromatic rings. The third kappa shape index (κ3) is 2.07. The highest BCUT2D eigenvalue weighted by atomic mass is 35.5. The van der Waals surface area contributed by atoms with Crippen LogP contribution in [0.15, 0.2) is 18.2 Å². The molecule has 0 radical (unpaired) electrons. The van der Waals surface area contributed by atoms with E-state index in [9.17, 15) is 10.2 Å². The number of aromatic hydroxyl groups is 2. The first kappa shape index (κ1) is 12.7. The molecular formula is C14H13Cl2NO2. The van der Waals surface area contributed by atoms with Gasteiger partial charge in [0.05, 0.1) is 5.69 Å². The van der Waals surface area contributed by atoms with E-state index in [-0.39, 0.29) is 11.8 Å². The molecular weight excluding hydrogens is 285 g/mol. The van der Waals surface area contributed by atoms with E-state index < -0.39 is 0 Å². The number of hydrogen-bond donors (Lipinski definition) is 2. The zero-order chi connectivity index (χ0) is 13.6. The van der Waals surface area contributed by atoms with Gasteiger partial charge in [0.1, 0.15) is 0 Å². The Kier molecular flexibility index (Phi) is 3.11. The van der Waals surface area contributed by atoms with Crippen LogP contribution in [0.2, 0.25) is 10.0 Å². The van der Waals surface area contributed by atoms with Crippen molar-refractivity contribution in [3.8, 4) is 17.4 Å². The maximum Gasteiger partial charge on any atom is 0.202 e. The minimum atomic E-state index is 0.0885. The van der Waals surface area contributed by atoms with Gasteiger partial charge in [0.25, 0.3) is 0 Å². The highest BCUT2D eigenvalue weighted by molar-refractivity contribution is 6.34. The predicted octanol–water partition coefficient (Wildman–Crippen LogP) is 4.07. The monoisotopic (exact) mass is 297 g/mol. The van der Waals surface area contributed by atoms with Crippen molar-refractivity contribution in [2.75, 3.05) is 0 Å². The zero-order valence-electron chi connectivity index (χ0n) is 10.2. The summed E-state index contributed by atoms with van der Waals surface area (Å²) in [5, 5.41) is 21.5. The van der Waals surface area contributed by atoms with Crippen molar-refractivity contribution in [1.29, 1.82) is 0 Å². The summed E-state index contributed by atoms with van der Waals surface area (Å²) in [4.78, 5) is 0. The highest BCUT2D eigenvalue weighted by Crippen LogP contribution is 2.41. The third-order valence-electron chi connectivity index (χ3n) is 3.54. The van der Waals surface area contributed by atoms with E-state index >= 15 is 0 Å². The number of rotatable bonds is 1. The van der Waals surface area contributed by atoms with Gasteiger partial charge in [0.2, 0.25) is 11.8 Å². The molecule has 1 aliphatic rings. The Balaban J connectivity index is 2.22. The second kappa shape index (κ2) is 4.66. The van der Waals surface area contributed by atoms with Crippen LogP contribution in [0.1, 0.15) is 24.0 Å². The fourth-order valence-corrected chi connectivity index (χ4v) is 3.20. The Morgan fingerprint density at radius 2 is 1.32 bits per heavy atom. The molecule has 1 aromatic heterocycles. The van der Waals surface area contributed by atoms with Crippen LogP contribution in [0.25, 0.3) is 5.69 Å². The van der Waals surface area contributed by atoms with Crippen molar-refractivity contribution in [1.82, 2.24) is 4.57 Å². The second-order valence-electron chi connectivity index (χ2n) is 4.77. The van der Waals surface area contributed by atoms with Crippen molar-refractivity contribution >= 4 is 23.2 Å². The molecule has 1 aliphatic carbocycles. The smallest absolute Gasteiger partial charge is 0.202 e. The van der Waals surface area contributed by atoms with Gasteiger partial charge in [-0.15, -0.1) is 0 Å². The summed E-state index contributed by atoms with van der Waals surface area (Å²) in [7, 11) is 0. The molecule has 0 saturated carbocycles. The quantitative estimate of drug-likeness (QED) is 0.833. The summed E-state index contributed by atoms with van der Waals surface area (Å²) < 4.78 is 1.41. The summed E-state index contributed by atoms with van der Waals surface area (Å²) in [6.07, 6.45) is 3.63. The Bertz CT molecular complexity index is 600. The molecule has 3 nitrogen and oxygen atoms in total. The van der Waals surface area contributed by atoms with E-state index in [1.54, 1.807) is 18.2 Å². The summed E-state index contributed by atoms with van der Waals surface area (Å²) in [5.74, 6) is 0.177. The van der Waals surface area contributed by atoms with Crippen LogP contribution in [-0.4, -0.2) is 14.8 Å². The molecule has 0 atom stereocenters. The van der Waals surface area contributed by atoms with Gasteiger partial charge < -0.3 is 10.2 Å². The lowest BCUT2D eigenvalue weighted by Gasteiger charge is -2.09. The van der Waals surface area contributed by atoms with E-state index in [1.807, 2.05) is 0 Å². The lowest BCUT2D eigenvalue weighted by atomic mass is 9.95. The van der Waals surface area contributed by atoms with Crippen LogP contribution >= 0.6 is 23.2 Å². The van der Waals surface area contributed by atoms with E-state index in [1.165, 1.54) is 4.57 Å². The zero-order valence-corrected chi connectivity index (χ0v) is 11.7. The first-order valence-corrected chi connectivity index (χ1v) is 6.94. The van der Waals surface area contributed by atoms with Gasteiger partial charge in [-0.05, 0) is 43.9 Å². The van der Waals surface area contributed by atoms with E-state index in [2.05, 4.69) is 0 Å².